The summed E-state index contributed by atoms with van der Waals surface area (Å²) in [6.07, 6.45) is 0.224. The number of hydrogen-bond acceptors (Lipinski definition) is 7. The molecule has 0 unspecified atom stereocenters. The molecule has 1 aromatic rings. The first kappa shape index (κ1) is 18.2. The van der Waals surface area contributed by atoms with Gasteiger partial charge in [0.2, 0.25) is 0 Å². The van der Waals surface area contributed by atoms with Crippen LogP contribution in [0, 0.1) is 37.5 Å². The molecule has 0 spiro atoms. The Morgan fingerprint density at radius 2 is 1.65 bits per heavy atom. The molecule has 140 valence electrons. The lowest BCUT2D eigenvalue weighted by Gasteiger charge is -2.35. The summed E-state index contributed by atoms with van der Waals surface area (Å²) in [6.45, 7) is 5.81. The summed E-state index contributed by atoms with van der Waals surface area (Å²) in [5.74, 6) is -0.217. The fraction of sp³-hybridized carbons (Fsp3) is 0.588. The Kier molecular flexibility index (Phi) is 4.02. The molecule has 9 nitrogen and oxygen atoms in total. The third-order valence-corrected chi connectivity index (χ3v) is 5.89. The molecule has 0 saturated heterocycles. The predicted octanol–water partition coefficient (Wildman–Crippen LogP) is 2.85. The minimum absolute atomic E-state index is 0.0788. The van der Waals surface area contributed by atoms with Crippen LogP contribution in [0.25, 0.3) is 0 Å². The van der Waals surface area contributed by atoms with Gasteiger partial charge in [0.1, 0.15) is 6.10 Å². The molecule has 0 heterocycles. The molecule has 0 amide bonds. The van der Waals surface area contributed by atoms with Gasteiger partial charge in [0, 0.05) is 12.1 Å². The number of benzene rings is 1. The van der Waals surface area contributed by atoms with E-state index in [1.54, 1.807) is 6.92 Å². The highest BCUT2D eigenvalue weighted by molar-refractivity contribution is 5.91. The Morgan fingerprint density at radius 3 is 2.15 bits per heavy atom. The van der Waals surface area contributed by atoms with Gasteiger partial charge in [-0.2, -0.15) is 0 Å². The summed E-state index contributed by atoms with van der Waals surface area (Å²) in [5.41, 5.74) is -2.54. The van der Waals surface area contributed by atoms with Crippen LogP contribution in [-0.4, -0.2) is 32.6 Å². The lowest BCUT2D eigenvalue weighted by molar-refractivity contribution is -0.394. The molecule has 4 atom stereocenters. The van der Waals surface area contributed by atoms with Gasteiger partial charge in [-0.3, -0.25) is 20.2 Å². The van der Waals surface area contributed by atoms with Crippen molar-refractivity contribution in [1.29, 1.82) is 0 Å². The Bertz CT molecular complexity index is 770. The fourth-order valence-corrected chi connectivity index (χ4v) is 4.09. The number of fused-ring (bicyclic) bond motifs is 1. The number of nitro benzene ring substituents is 2. The molecule has 1 N–H and O–H groups in total. The summed E-state index contributed by atoms with van der Waals surface area (Å²) in [4.78, 5) is 32.7. The van der Waals surface area contributed by atoms with Crippen molar-refractivity contribution in [3.8, 4) is 0 Å². The van der Waals surface area contributed by atoms with Gasteiger partial charge in [-0.05, 0) is 37.0 Å². The highest BCUT2D eigenvalue weighted by atomic mass is 16.6. The highest BCUT2D eigenvalue weighted by Gasteiger charge is 2.64. The maximum atomic E-state index is 12.5. The van der Waals surface area contributed by atoms with Gasteiger partial charge in [0.25, 0.3) is 11.4 Å². The molecular weight excluding hydrogens is 344 g/mol. The van der Waals surface area contributed by atoms with Crippen LogP contribution in [0.3, 0.4) is 0 Å². The molecular formula is C17H20N2O7. The molecule has 9 heteroatoms. The van der Waals surface area contributed by atoms with Crippen molar-refractivity contribution in [2.45, 2.75) is 45.3 Å². The summed E-state index contributed by atoms with van der Waals surface area (Å²) >= 11 is 0. The third kappa shape index (κ3) is 3.03. The molecule has 0 bridgehead atoms. The molecule has 0 aromatic heterocycles. The van der Waals surface area contributed by atoms with E-state index in [1.807, 2.05) is 0 Å². The topological polar surface area (TPSA) is 133 Å². The maximum Gasteiger partial charge on any atom is 0.339 e. The van der Waals surface area contributed by atoms with Crippen LogP contribution in [0.2, 0.25) is 0 Å². The van der Waals surface area contributed by atoms with E-state index in [0.717, 1.165) is 18.2 Å². The second-order valence-corrected chi connectivity index (χ2v) is 7.98. The first-order chi connectivity index (χ1) is 11.9. The van der Waals surface area contributed by atoms with Crippen LogP contribution in [0.15, 0.2) is 18.2 Å². The Hall–Kier alpha value is -2.55. The fourth-order valence-electron chi connectivity index (χ4n) is 4.09. The predicted molar refractivity (Wildman–Crippen MR) is 89.6 cm³/mol. The van der Waals surface area contributed by atoms with E-state index < -0.39 is 38.9 Å². The molecule has 2 aliphatic carbocycles. The average molecular weight is 364 g/mol. The van der Waals surface area contributed by atoms with Gasteiger partial charge in [0.05, 0.1) is 27.1 Å². The molecule has 3 rings (SSSR count). The number of rotatable bonds is 4. The number of hydrogen-bond donors (Lipinski definition) is 1. The van der Waals surface area contributed by atoms with Crippen LogP contribution >= 0.6 is 0 Å². The first-order valence-electron chi connectivity index (χ1n) is 8.30. The normalized spacial score (nSPS) is 31.6. The molecule has 1 aromatic carbocycles. The Balaban J connectivity index is 1.84. The lowest BCUT2D eigenvalue weighted by Crippen LogP contribution is -2.45. The van der Waals surface area contributed by atoms with Crippen molar-refractivity contribution in [1.82, 2.24) is 0 Å². The SMILES string of the molecule is CC1(C)[C@@H]2C[C@@H](OC(=O)c3cc([N+](=O)[O-])cc([N+](=O)[O-])c3)[C@](C)(O)C[C@H]21. The van der Waals surface area contributed by atoms with E-state index in [1.165, 1.54) is 0 Å². The number of aliphatic hydroxyl groups is 1. The minimum atomic E-state index is -1.21. The summed E-state index contributed by atoms with van der Waals surface area (Å²) in [5, 5.41) is 32.6. The third-order valence-electron chi connectivity index (χ3n) is 5.89. The number of carbonyl (C=O) groups excluding carboxylic acids is 1. The number of esters is 1. The number of carbonyl (C=O) groups is 1. The number of non-ortho nitro benzene ring substituents is 2. The van der Waals surface area contributed by atoms with Crippen molar-refractivity contribution in [3.05, 3.63) is 44.0 Å². The highest BCUT2D eigenvalue weighted by Crippen LogP contribution is 2.66. The van der Waals surface area contributed by atoms with E-state index in [2.05, 4.69) is 13.8 Å². The molecule has 2 fully saturated rings. The summed E-state index contributed by atoms with van der Waals surface area (Å²) in [6, 6.07) is 2.67. The van der Waals surface area contributed by atoms with Gasteiger partial charge >= 0.3 is 5.97 Å². The van der Waals surface area contributed by atoms with Gasteiger partial charge in [0.15, 0.2) is 0 Å². The Labute approximate surface area is 149 Å². The lowest BCUT2D eigenvalue weighted by atomic mass is 9.83. The van der Waals surface area contributed by atoms with Gasteiger partial charge in [-0.15, -0.1) is 0 Å². The van der Waals surface area contributed by atoms with Crippen LogP contribution in [-0.2, 0) is 4.74 Å². The van der Waals surface area contributed by atoms with Crippen molar-refractivity contribution >= 4 is 17.3 Å². The molecule has 2 aliphatic rings. The second kappa shape index (κ2) is 5.73. The molecule has 2 saturated carbocycles. The molecule has 26 heavy (non-hydrogen) atoms. The smallest absolute Gasteiger partial charge is 0.339 e. The van der Waals surface area contributed by atoms with Crippen LogP contribution < -0.4 is 0 Å². The summed E-state index contributed by atoms with van der Waals surface area (Å²) in [7, 11) is 0. The largest absolute Gasteiger partial charge is 0.456 e. The zero-order chi connectivity index (χ0) is 19.4. The van der Waals surface area contributed by atoms with E-state index in [0.29, 0.717) is 24.7 Å². The van der Waals surface area contributed by atoms with Crippen LogP contribution in [0.1, 0.15) is 44.0 Å². The zero-order valence-electron chi connectivity index (χ0n) is 14.7. The minimum Gasteiger partial charge on any atom is -0.456 e. The van der Waals surface area contributed by atoms with E-state index in [9.17, 15) is 30.1 Å². The van der Waals surface area contributed by atoms with E-state index in [-0.39, 0.29) is 11.0 Å². The zero-order valence-corrected chi connectivity index (χ0v) is 14.7. The van der Waals surface area contributed by atoms with Crippen molar-refractivity contribution in [3.63, 3.8) is 0 Å². The number of ether oxygens (including phenoxy) is 1. The van der Waals surface area contributed by atoms with Gasteiger partial charge in [-0.25, -0.2) is 4.79 Å². The first-order valence-corrected chi connectivity index (χ1v) is 8.30. The average Bonchev–Trinajstić information content (AvgIpc) is 3.05. The van der Waals surface area contributed by atoms with Gasteiger partial charge in [-0.1, -0.05) is 13.8 Å². The van der Waals surface area contributed by atoms with E-state index in [4.69, 9.17) is 4.74 Å². The molecule has 0 aliphatic heterocycles. The van der Waals surface area contributed by atoms with Crippen molar-refractivity contribution in [2.24, 2.45) is 17.3 Å². The monoisotopic (exact) mass is 364 g/mol. The van der Waals surface area contributed by atoms with Crippen LogP contribution in [0.5, 0.6) is 0 Å². The quantitative estimate of drug-likeness (QED) is 0.493. The Morgan fingerprint density at radius 1 is 1.12 bits per heavy atom. The summed E-state index contributed by atoms with van der Waals surface area (Å²) < 4.78 is 5.42. The van der Waals surface area contributed by atoms with Gasteiger partial charge < -0.3 is 9.84 Å². The standard InChI is InChI=1S/C17H20N2O7/c1-16(2)12-7-14(17(3,21)8-13(12)16)26-15(20)9-4-10(18(22)23)6-11(5-9)19(24)25/h4-6,12-14,21H,7-8H2,1-3H3/t12-,13-,14-,17-/m1/s1. The maximum absolute atomic E-state index is 12.5. The van der Waals surface area contributed by atoms with Crippen LogP contribution in [0.4, 0.5) is 11.4 Å². The molecule has 0 radical (unpaired) electrons. The van der Waals surface area contributed by atoms with Crippen molar-refractivity contribution < 1.29 is 24.5 Å². The van der Waals surface area contributed by atoms with E-state index >= 15 is 0 Å². The number of nitrogens with zero attached hydrogens (tertiary/aromatic N) is 2. The number of nitro groups is 2. The second-order valence-electron chi connectivity index (χ2n) is 7.98. The van der Waals surface area contributed by atoms with Crippen molar-refractivity contribution in [2.75, 3.05) is 0 Å².